The maximum atomic E-state index is 2.47. The summed E-state index contributed by atoms with van der Waals surface area (Å²) in [5, 5.41) is 0. The van der Waals surface area contributed by atoms with Gasteiger partial charge < -0.3 is 8.97 Å². The van der Waals surface area contributed by atoms with Gasteiger partial charge in [0, 0.05) is 0 Å². The predicted octanol–water partition coefficient (Wildman–Crippen LogP) is 15.2. The third-order valence-corrected chi connectivity index (χ3v) is 11.5. The van der Waals surface area contributed by atoms with E-state index in [-0.39, 0.29) is 0 Å². The maximum Gasteiger partial charge on any atom is 0.0782 e. The minimum absolute atomic E-state index is 1.24. The Morgan fingerprint density at radius 2 is 0.312 bits per heavy atom. The Morgan fingerprint density at radius 1 is 0.188 bits per heavy atom. The average molecular weight is 679 g/mol. The Kier molecular flexibility index (Phi) is 36.6. The summed E-state index contributed by atoms with van der Waals surface area (Å²) < 4.78 is 2.49. The smallest absolute Gasteiger partial charge is 0.0782 e. The minimum Gasteiger partial charge on any atom is -0.328 e. The van der Waals surface area contributed by atoms with Crippen molar-refractivity contribution in [1.82, 2.24) is 0 Å². The highest BCUT2D eigenvalue weighted by Crippen LogP contribution is 2.17. The molecule has 0 heterocycles. The summed E-state index contributed by atoms with van der Waals surface area (Å²) in [4.78, 5) is 0. The van der Waals surface area contributed by atoms with Gasteiger partial charge in [-0.1, -0.05) is 194 Å². The van der Waals surface area contributed by atoms with Gasteiger partial charge in [0.1, 0.15) is 0 Å². The number of nitrogens with zero attached hydrogens (tertiary/aromatic N) is 2. The van der Waals surface area contributed by atoms with E-state index in [0.29, 0.717) is 0 Å². The van der Waals surface area contributed by atoms with Crippen molar-refractivity contribution in [3.63, 3.8) is 0 Å². The van der Waals surface area contributed by atoms with Crippen molar-refractivity contribution in [1.29, 1.82) is 0 Å². The predicted molar refractivity (Wildman–Crippen MR) is 221 cm³/mol. The van der Waals surface area contributed by atoms with E-state index in [2.05, 4.69) is 42.0 Å². The van der Waals surface area contributed by atoms with Crippen molar-refractivity contribution in [2.75, 3.05) is 54.4 Å². The Labute approximate surface area is 307 Å². The molecule has 0 N–H and O–H groups in total. The molecule has 290 valence electrons. The summed E-state index contributed by atoms with van der Waals surface area (Å²) in [5.74, 6) is 0. The van der Waals surface area contributed by atoms with Crippen LogP contribution in [0.3, 0.4) is 0 Å². The van der Waals surface area contributed by atoms with E-state index in [4.69, 9.17) is 0 Å². The third kappa shape index (κ3) is 38.7. The van der Waals surface area contributed by atoms with Crippen LogP contribution in [0.1, 0.15) is 245 Å². The van der Waals surface area contributed by atoms with Crippen LogP contribution < -0.4 is 0 Å². The van der Waals surface area contributed by atoms with Crippen LogP contribution in [0.25, 0.3) is 0 Å². The van der Waals surface area contributed by atoms with Gasteiger partial charge in [-0.15, -0.1) is 0 Å². The lowest BCUT2D eigenvalue weighted by Gasteiger charge is -2.30. The molecular formula is C46H98N2+2. The zero-order valence-corrected chi connectivity index (χ0v) is 35.2. The van der Waals surface area contributed by atoms with Crippen LogP contribution >= 0.6 is 0 Å². The van der Waals surface area contributed by atoms with Gasteiger partial charge in [0.25, 0.3) is 0 Å². The molecule has 0 unspecified atom stereocenters. The average Bonchev–Trinajstić information content (AvgIpc) is 3.05. The first-order chi connectivity index (χ1) is 23.3. The normalized spacial score (nSPS) is 12.4. The van der Waals surface area contributed by atoms with Crippen molar-refractivity contribution in [3.05, 3.63) is 0 Å². The fourth-order valence-electron chi connectivity index (χ4n) is 7.83. The molecule has 0 aromatic rings. The topological polar surface area (TPSA) is 0 Å². The summed E-state index contributed by atoms with van der Waals surface area (Å²) in [6.07, 6.45) is 52.5. The zero-order valence-electron chi connectivity index (χ0n) is 35.2. The van der Waals surface area contributed by atoms with Gasteiger partial charge in [-0.25, -0.2) is 0 Å². The lowest BCUT2D eigenvalue weighted by molar-refractivity contribution is -0.890. The fraction of sp³-hybridized carbons (Fsp3) is 1.00. The molecule has 0 aliphatic carbocycles. The van der Waals surface area contributed by atoms with Gasteiger partial charge in [-0.2, -0.15) is 0 Å². The summed E-state index contributed by atoms with van der Waals surface area (Å²) in [6, 6.07) is 0. The maximum absolute atomic E-state index is 2.47. The highest BCUT2D eigenvalue weighted by molar-refractivity contribution is 4.53. The number of rotatable bonds is 41. The second kappa shape index (κ2) is 36.7. The number of unbranched alkanes of at least 4 members (excludes halogenated alkanes) is 33. The summed E-state index contributed by atoms with van der Waals surface area (Å²) >= 11 is 0. The molecule has 2 heteroatoms. The Hall–Kier alpha value is -0.0800. The van der Waals surface area contributed by atoms with Gasteiger partial charge in [-0.3, -0.25) is 0 Å². The standard InChI is InChI=1S/C46H98N2/c1-7-9-11-13-15-17-27-31-35-39-43-47(3,4)45-41-37-33-29-25-23-21-19-20-22-24-26-30-34-38-42-46-48(5,6)44-40-36-32-28-18-16-14-12-10-8-2/h7-46H2,1-6H3/q+2. The van der Waals surface area contributed by atoms with E-state index in [1.807, 2.05) is 0 Å². The van der Waals surface area contributed by atoms with Crippen LogP contribution in [0, 0.1) is 0 Å². The first-order valence-electron chi connectivity index (χ1n) is 23.0. The van der Waals surface area contributed by atoms with Gasteiger partial charge in [0.05, 0.1) is 54.4 Å². The molecule has 0 saturated carbocycles. The first-order valence-corrected chi connectivity index (χ1v) is 23.0. The van der Waals surface area contributed by atoms with E-state index in [1.165, 1.54) is 266 Å². The molecular weight excluding hydrogens is 581 g/mol. The summed E-state index contributed by atoms with van der Waals surface area (Å²) in [7, 11) is 9.87. The molecule has 48 heavy (non-hydrogen) atoms. The quantitative estimate of drug-likeness (QED) is 0.0446. The van der Waals surface area contributed by atoms with Crippen LogP contribution in [0.5, 0.6) is 0 Å². The zero-order chi connectivity index (χ0) is 35.3. The third-order valence-electron chi connectivity index (χ3n) is 11.5. The Balaban J connectivity index is 3.34. The van der Waals surface area contributed by atoms with E-state index < -0.39 is 0 Å². The van der Waals surface area contributed by atoms with Crippen LogP contribution in [0.15, 0.2) is 0 Å². The molecule has 2 nitrogen and oxygen atoms in total. The molecule has 0 aliphatic heterocycles. The highest BCUT2D eigenvalue weighted by Gasteiger charge is 2.14. The molecule has 0 rings (SSSR count). The molecule has 0 fully saturated rings. The van der Waals surface area contributed by atoms with Crippen LogP contribution in [0.2, 0.25) is 0 Å². The molecule has 0 aliphatic rings. The highest BCUT2D eigenvalue weighted by atomic mass is 15.3. The SMILES string of the molecule is CCCCCCCCCCCC[N+](C)(C)CCCCCCCCCCCCCCCCCC[N+](C)(C)CCCCCCCCCCCC. The number of hydrogen-bond acceptors (Lipinski definition) is 0. The molecule has 0 aromatic carbocycles. The fourth-order valence-corrected chi connectivity index (χ4v) is 7.83. The van der Waals surface area contributed by atoms with E-state index in [1.54, 1.807) is 0 Å². The van der Waals surface area contributed by atoms with Crippen molar-refractivity contribution < 1.29 is 8.97 Å². The largest absolute Gasteiger partial charge is 0.328 e. The van der Waals surface area contributed by atoms with Crippen molar-refractivity contribution in [2.45, 2.75) is 245 Å². The van der Waals surface area contributed by atoms with E-state index in [0.717, 1.165) is 0 Å². The van der Waals surface area contributed by atoms with Gasteiger partial charge >= 0.3 is 0 Å². The van der Waals surface area contributed by atoms with Crippen molar-refractivity contribution >= 4 is 0 Å². The monoisotopic (exact) mass is 679 g/mol. The lowest BCUT2D eigenvalue weighted by atomic mass is 10.0. The Morgan fingerprint density at radius 3 is 0.458 bits per heavy atom. The molecule has 0 atom stereocenters. The molecule has 0 spiro atoms. The van der Waals surface area contributed by atoms with Crippen LogP contribution in [0.4, 0.5) is 0 Å². The number of quaternary nitrogens is 2. The first kappa shape index (κ1) is 47.9. The molecule has 0 aromatic heterocycles. The van der Waals surface area contributed by atoms with Crippen LogP contribution in [-0.4, -0.2) is 63.3 Å². The summed E-state index contributed by atoms with van der Waals surface area (Å²) in [6.45, 7) is 10.2. The molecule has 0 radical (unpaired) electrons. The van der Waals surface area contributed by atoms with Crippen LogP contribution in [-0.2, 0) is 0 Å². The molecule has 0 saturated heterocycles. The molecule has 0 bridgehead atoms. The Bertz CT molecular complexity index is 545. The second-order valence-corrected chi connectivity index (χ2v) is 17.8. The number of hydrogen-bond donors (Lipinski definition) is 0. The minimum atomic E-state index is 1.24. The summed E-state index contributed by atoms with van der Waals surface area (Å²) in [5.41, 5.74) is 0. The molecule has 0 amide bonds. The second-order valence-electron chi connectivity index (χ2n) is 17.8. The van der Waals surface area contributed by atoms with Crippen molar-refractivity contribution in [2.24, 2.45) is 0 Å². The lowest BCUT2D eigenvalue weighted by Crippen LogP contribution is -2.41. The van der Waals surface area contributed by atoms with E-state index in [9.17, 15) is 0 Å². The van der Waals surface area contributed by atoms with E-state index >= 15 is 0 Å². The van der Waals surface area contributed by atoms with Gasteiger partial charge in [0.15, 0.2) is 0 Å². The van der Waals surface area contributed by atoms with Crippen molar-refractivity contribution in [3.8, 4) is 0 Å². The van der Waals surface area contributed by atoms with Gasteiger partial charge in [0.2, 0.25) is 0 Å². The van der Waals surface area contributed by atoms with Gasteiger partial charge in [-0.05, 0) is 51.4 Å².